The fourth-order valence-corrected chi connectivity index (χ4v) is 2.00. The molecular formula is C17H32O5. The summed E-state index contributed by atoms with van der Waals surface area (Å²) in [5.74, 6) is -0.430. The molecule has 0 saturated carbocycles. The fraction of sp³-hybridized carbons (Fsp3) is 0.882. The van der Waals surface area contributed by atoms with Crippen molar-refractivity contribution in [2.45, 2.75) is 71.6 Å². The molecule has 0 heterocycles. The minimum Gasteiger partial charge on any atom is -0.466 e. The second-order valence-corrected chi connectivity index (χ2v) is 5.26. The van der Waals surface area contributed by atoms with Crippen molar-refractivity contribution >= 4 is 11.9 Å². The van der Waals surface area contributed by atoms with Gasteiger partial charge in [0, 0.05) is 6.42 Å². The van der Waals surface area contributed by atoms with E-state index in [9.17, 15) is 9.59 Å². The van der Waals surface area contributed by atoms with Gasteiger partial charge in [-0.05, 0) is 13.3 Å². The van der Waals surface area contributed by atoms with Crippen molar-refractivity contribution in [3.63, 3.8) is 0 Å². The van der Waals surface area contributed by atoms with Gasteiger partial charge in [-0.3, -0.25) is 9.59 Å². The minimum absolute atomic E-state index is 0.164. The Labute approximate surface area is 134 Å². The van der Waals surface area contributed by atoms with Crippen molar-refractivity contribution in [1.82, 2.24) is 0 Å². The molecule has 0 aromatic rings. The van der Waals surface area contributed by atoms with E-state index in [4.69, 9.17) is 14.2 Å². The summed E-state index contributed by atoms with van der Waals surface area (Å²) in [6, 6.07) is 0. The standard InChI is InChI=1S/C17H32O5/c1-3-5-6-7-8-9-10-11-16(18)22-15-14-20-13-12-17(19)21-4-2/h3-15H2,1-2H3. The van der Waals surface area contributed by atoms with E-state index < -0.39 is 0 Å². The van der Waals surface area contributed by atoms with Crippen LogP contribution in [0.15, 0.2) is 0 Å². The first-order valence-corrected chi connectivity index (χ1v) is 8.59. The van der Waals surface area contributed by atoms with E-state index in [1.807, 2.05) is 0 Å². The molecule has 0 unspecified atom stereocenters. The lowest BCUT2D eigenvalue weighted by molar-refractivity contribution is -0.147. The van der Waals surface area contributed by atoms with Crippen LogP contribution in [0.1, 0.15) is 71.6 Å². The van der Waals surface area contributed by atoms with Crippen molar-refractivity contribution < 1.29 is 23.8 Å². The molecule has 0 saturated heterocycles. The van der Waals surface area contributed by atoms with Gasteiger partial charge >= 0.3 is 11.9 Å². The topological polar surface area (TPSA) is 61.8 Å². The quantitative estimate of drug-likeness (QED) is 0.341. The molecule has 0 aliphatic rings. The molecule has 0 aliphatic carbocycles. The van der Waals surface area contributed by atoms with E-state index in [0.29, 0.717) is 26.2 Å². The summed E-state index contributed by atoms with van der Waals surface area (Å²) in [7, 11) is 0. The highest BCUT2D eigenvalue weighted by Gasteiger charge is 2.04. The molecule has 0 aromatic carbocycles. The average Bonchev–Trinajstić information content (AvgIpc) is 2.50. The first-order chi connectivity index (χ1) is 10.7. The van der Waals surface area contributed by atoms with Gasteiger partial charge in [0.1, 0.15) is 6.61 Å². The zero-order valence-corrected chi connectivity index (χ0v) is 14.2. The fourth-order valence-electron chi connectivity index (χ4n) is 2.00. The maximum Gasteiger partial charge on any atom is 0.308 e. The highest BCUT2D eigenvalue weighted by atomic mass is 16.6. The molecule has 0 aliphatic heterocycles. The van der Waals surface area contributed by atoms with Crippen molar-refractivity contribution in [3.8, 4) is 0 Å². The Kier molecular flexibility index (Phi) is 15.5. The minimum atomic E-state index is -0.265. The van der Waals surface area contributed by atoms with Gasteiger partial charge in [0.15, 0.2) is 0 Å². The zero-order chi connectivity index (χ0) is 16.5. The normalized spacial score (nSPS) is 10.5. The van der Waals surface area contributed by atoms with Gasteiger partial charge in [0.25, 0.3) is 0 Å². The summed E-state index contributed by atoms with van der Waals surface area (Å²) >= 11 is 0. The Balaban J connectivity index is 3.24. The van der Waals surface area contributed by atoms with Crippen LogP contribution in [0.25, 0.3) is 0 Å². The number of ether oxygens (including phenoxy) is 3. The average molecular weight is 316 g/mol. The Morgan fingerprint density at radius 3 is 2.00 bits per heavy atom. The molecule has 22 heavy (non-hydrogen) atoms. The molecular weight excluding hydrogens is 284 g/mol. The summed E-state index contributed by atoms with van der Waals surface area (Å²) in [5.41, 5.74) is 0. The molecule has 0 amide bonds. The van der Waals surface area contributed by atoms with Gasteiger partial charge in [-0.25, -0.2) is 0 Å². The molecule has 0 aromatic heterocycles. The van der Waals surface area contributed by atoms with Gasteiger partial charge < -0.3 is 14.2 Å². The van der Waals surface area contributed by atoms with Gasteiger partial charge in [0.05, 0.1) is 26.2 Å². The molecule has 0 spiro atoms. The summed E-state index contributed by atoms with van der Waals surface area (Å²) in [6.45, 7) is 5.23. The van der Waals surface area contributed by atoms with E-state index in [1.165, 1.54) is 32.1 Å². The molecule has 0 radical (unpaired) electrons. The number of hydrogen-bond acceptors (Lipinski definition) is 5. The summed E-state index contributed by atoms with van der Waals surface area (Å²) < 4.78 is 15.0. The van der Waals surface area contributed by atoms with E-state index in [0.717, 1.165) is 12.8 Å². The number of carbonyl (C=O) groups excluding carboxylic acids is 2. The Hall–Kier alpha value is -1.10. The Bertz CT molecular complexity index is 278. The van der Waals surface area contributed by atoms with Crippen LogP contribution in [-0.4, -0.2) is 38.4 Å². The third kappa shape index (κ3) is 15.3. The van der Waals surface area contributed by atoms with Crippen LogP contribution in [0.2, 0.25) is 0 Å². The Morgan fingerprint density at radius 2 is 1.32 bits per heavy atom. The molecule has 130 valence electrons. The first-order valence-electron chi connectivity index (χ1n) is 8.59. The lowest BCUT2D eigenvalue weighted by atomic mass is 10.1. The molecule has 0 atom stereocenters. The summed E-state index contributed by atoms with van der Waals surface area (Å²) in [4.78, 5) is 22.5. The van der Waals surface area contributed by atoms with Crippen molar-refractivity contribution in [2.24, 2.45) is 0 Å². The van der Waals surface area contributed by atoms with Crippen LogP contribution in [0.4, 0.5) is 0 Å². The van der Waals surface area contributed by atoms with E-state index >= 15 is 0 Å². The number of hydrogen-bond donors (Lipinski definition) is 0. The van der Waals surface area contributed by atoms with Crippen molar-refractivity contribution in [1.29, 1.82) is 0 Å². The number of esters is 2. The van der Waals surface area contributed by atoms with Crippen molar-refractivity contribution in [2.75, 3.05) is 26.4 Å². The van der Waals surface area contributed by atoms with E-state index in [-0.39, 0.29) is 25.0 Å². The highest BCUT2D eigenvalue weighted by Crippen LogP contribution is 2.08. The second kappa shape index (κ2) is 16.3. The molecule has 5 nitrogen and oxygen atoms in total. The predicted molar refractivity (Wildman–Crippen MR) is 85.6 cm³/mol. The van der Waals surface area contributed by atoms with Gasteiger partial charge in [-0.1, -0.05) is 45.4 Å². The third-order valence-electron chi connectivity index (χ3n) is 3.23. The summed E-state index contributed by atoms with van der Waals surface area (Å²) in [5, 5.41) is 0. The monoisotopic (exact) mass is 316 g/mol. The smallest absolute Gasteiger partial charge is 0.308 e. The van der Waals surface area contributed by atoms with Crippen LogP contribution in [0.3, 0.4) is 0 Å². The van der Waals surface area contributed by atoms with Crippen LogP contribution >= 0.6 is 0 Å². The Morgan fingerprint density at radius 1 is 0.682 bits per heavy atom. The highest BCUT2D eigenvalue weighted by molar-refractivity contribution is 5.69. The van der Waals surface area contributed by atoms with Crippen LogP contribution in [-0.2, 0) is 23.8 Å². The second-order valence-electron chi connectivity index (χ2n) is 5.26. The molecule has 0 rings (SSSR count). The summed E-state index contributed by atoms with van der Waals surface area (Å²) in [6.07, 6.45) is 9.03. The van der Waals surface area contributed by atoms with Gasteiger partial charge in [0.2, 0.25) is 0 Å². The molecule has 0 fully saturated rings. The molecule has 0 N–H and O–H groups in total. The molecule has 5 heteroatoms. The largest absolute Gasteiger partial charge is 0.466 e. The first kappa shape index (κ1) is 20.9. The maximum atomic E-state index is 11.5. The number of rotatable bonds is 15. The van der Waals surface area contributed by atoms with E-state index in [1.54, 1.807) is 6.92 Å². The van der Waals surface area contributed by atoms with Gasteiger partial charge in [-0.15, -0.1) is 0 Å². The van der Waals surface area contributed by atoms with Gasteiger partial charge in [-0.2, -0.15) is 0 Å². The third-order valence-corrected chi connectivity index (χ3v) is 3.23. The SMILES string of the molecule is CCCCCCCCCC(=O)OCCOCCC(=O)OCC. The maximum absolute atomic E-state index is 11.5. The van der Waals surface area contributed by atoms with Crippen LogP contribution in [0, 0.1) is 0 Å². The number of unbranched alkanes of at least 4 members (excludes halogenated alkanes) is 6. The zero-order valence-electron chi connectivity index (χ0n) is 14.2. The van der Waals surface area contributed by atoms with Crippen LogP contribution < -0.4 is 0 Å². The lowest BCUT2D eigenvalue weighted by Gasteiger charge is -2.06. The molecule has 0 bridgehead atoms. The number of carbonyl (C=O) groups is 2. The lowest BCUT2D eigenvalue weighted by Crippen LogP contribution is -2.13. The van der Waals surface area contributed by atoms with Crippen LogP contribution in [0.5, 0.6) is 0 Å². The predicted octanol–water partition coefficient (Wildman–Crippen LogP) is 3.64. The van der Waals surface area contributed by atoms with Crippen molar-refractivity contribution in [3.05, 3.63) is 0 Å². The van der Waals surface area contributed by atoms with E-state index in [2.05, 4.69) is 6.92 Å².